The second-order valence-electron chi connectivity index (χ2n) is 5.54. The molecular formula is C13H20N6O2. The van der Waals surface area contributed by atoms with Crippen molar-refractivity contribution in [2.24, 2.45) is 0 Å². The lowest BCUT2D eigenvalue weighted by atomic mass is 10.2. The number of hydrogen-bond donors (Lipinski definition) is 4. The highest BCUT2D eigenvalue weighted by molar-refractivity contribution is 5.84. The van der Waals surface area contributed by atoms with Gasteiger partial charge in [-0.05, 0) is 20.8 Å². The zero-order valence-corrected chi connectivity index (χ0v) is 12.4. The highest BCUT2D eigenvalue weighted by Crippen LogP contribution is 2.13. The fraction of sp³-hybridized carbons (Fsp3) is 0.462. The first-order valence-electron chi connectivity index (χ1n) is 6.65. The summed E-state index contributed by atoms with van der Waals surface area (Å²) in [4.78, 5) is 18.8. The van der Waals surface area contributed by atoms with Crippen LogP contribution in [0, 0.1) is 0 Å². The molecule has 0 unspecified atom stereocenters. The van der Waals surface area contributed by atoms with E-state index in [0.29, 0.717) is 18.9 Å². The van der Waals surface area contributed by atoms with Crippen molar-refractivity contribution >= 4 is 11.9 Å². The van der Waals surface area contributed by atoms with E-state index in [4.69, 9.17) is 4.74 Å². The minimum Gasteiger partial charge on any atom is -0.444 e. The summed E-state index contributed by atoms with van der Waals surface area (Å²) in [6.07, 6.45) is 4.61. The number of rotatable bonds is 5. The Labute approximate surface area is 122 Å². The van der Waals surface area contributed by atoms with Gasteiger partial charge in [0.2, 0.25) is 0 Å². The molecule has 0 atom stereocenters. The largest absolute Gasteiger partial charge is 0.444 e. The molecule has 1 amide bonds. The molecule has 8 heteroatoms. The van der Waals surface area contributed by atoms with Crippen molar-refractivity contribution in [3.8, 4) is 0 Å². The lowest BCUT2D eigenvalue weighted by Crippen LogP contribution is -2.27. The maximum absolute atomic E-state index is 11.7. The molecular weight excluding hydrogens is 272 g/mol. The molecule has 0 aliphatic carbocycles. The zero-order valence-electron chi connectivity index (χ0n) is 12.4. The van der Waals surface area contributed by atoms with Crippen molar-refractivity contribution in [1.82, 2.24) is 25.5 Å². The molecule has 0 spiro atoms. The third-order valence-electron chi connectivity index (χ3n) is 2.51. The Bertz CT molecular complexity index is 570. The summed E-state index contributed by atoms with van der Waals surface area (Å²) < 4.78 is 5.20. The highest BCUT2D eigenvalue weighted by Gasteiger charge is 2.17. The van der Waals surface area contributed by atoms with Gasteiger partial charge in [0.25, 0.3) is 0 Å². The molecule has 0 saturated heterocycles. The Morgan fingerprint density at radius 3 is 2.86 bits per heavy atom. The smallest absolute Gasteiger partial charge is 0.413 e. The van der Waals surface area contributed by atoms with Crippen molar-refractivity contribution in [2.45, 2.75) is 39.5 Å². The minimum atomic E-state index is -0.540. The maximum Gasteiger partial charge on any atom is 0.413 e. The van der Waals surface area contributed by atoms with Gasteiger partial charge in [-0.1, -0.05) is 0 Å². The molecule has 114 valence electrons. The molecule has 2 aromatic heterocycles. The van der Waals surface area contributed by atoms with Crippen molar-refractivity contribution in [2.75, 3.05) is 5.32 Å². The van der Waals surface area contributed by atoms with Gasteiger partial charge in [-0.15, -0.1) is 0 Å². The Kier molecular flexibility index (Phi) is 4.59. The third-order valence-corrected chi connectivity index (χ3v) is 2.51. The monoisotopic (exact) mass is 292 g/mol. The summed E-state index contributed by atoms with van der Waals surface area (Å²) >= 11 is 0. The molecule has 0 radical (unpaired) electrons. The van der Waals surface area contributed by atoms with E-state index >= 15 is 0 Å². The number of carbonyl (C=O) groups excluding carboxylic acids is 1. The normalized spacial score (nSPS) is 11.4. The van der Waals surface area contributed by atoms with Gasteiger partial charge in [0, 0.05) is 24.5 Å². The molecule has 0 aliphatic heterocycles. The van der Waals surface area contributed by atoms with Gasteiger partial charge in [0.15, 0.2) is 0 Å². The number of anilines is 1. The summed E-state index contributed by atoms with van der Waals surface area (Å²) in [6.45, 7) is 6.58. The number of imidazole rings is 1. The lowest BCUT2D eigenvalue weighted by Gasteiger charge is -2.19. The van der Waals surface area contributed by atoms with Gasteiger partial charge in [-0.3, -0.25) is 10.4 Å². The van der Waals surface area contributed by atoms with Crippen LogP contribution in [0.1, 0.15) is 32.2 Å². The minimum absolute atomic E-state index is 0.515. The Morgan fingerprint density at radius 1 is 1.38 bits per heavy atom. The third kappa shape index (κ3) is 4.92. The van der Waals surface area contributed by atoms with E-state index in [1.165, 1.54) is 0 Å². The van der Waals surface area contributed by atoms with Crippen molar-refractivity contribution in [3.05, 3.63) is 30.0 Å². The average Bonchev–Trinajstić information content (AvgIpc) is 2.99. The quantitative estimate of drug-likeness (QED) is 0.671. The number of aromatic amines is 2. The van der Waals surface area contributed by atoms with Gasteiger partial charge < -0.3 is 15.0 Å². The fourth-order valence-electron chi connectivity index (χ4n) is 1.67. The van der Waals surface area contributed by atoms with Crippen LogP contribution in [0.5, 0.6) is 0 Å². The molecule has 4 N–H and O–H groups in total. The Morgan fingerprint density at radius 2 is 2.19 bits per heavy atom. The predicted molar refractivity (Wildman–Crippen MR) is 77.6 cm³/mol. The predicted octanol–water partition coefficient (Wildman–Crippen LogP) is 1.77. The first kappa shape index (κ1) is 15.0. The summed E-state index contributed by atoms with van der Waals surface area (Å²) in [5.41, 5.74) is 0.300. The van der Waals surface area contributed by atoms with Crippen molar-refractivity contribution in [3.63, 3.8) is 0 Å². The standard InChI is InChI=1S/C13H20N6O2/c1-13(2,3)21-12(20)18-11-9(7-17-19-11)6-14-8-10-15-4-5-16-10/h4-5,7,14H,6,8H2,1-3H3,(H,15,16)(H2,17,18,19,20). The van der Waals surface area contributed by atoms with Crippen LogP contribution in [0.25, 0.3) is 0 Å². The van der Waals surface area contributed by atoms with Gasteiger partial charge in [0.05, 0.1) is 12.7 Å². The molecule has 2 aromatic rings. The van der Waals surface area contributed by atoms with Gasteiger partial charge in [-0.2, -0.15) is 5.10 Å². The van der Waals surface area contributed by atoms with Gasteiger partial charge in [-0.25, -0.2) is 9.78 Å². The summed E-state index contributed by atoms with van der Waals surface area (Å²) in [7, 11) is 0. The van der Waals surface area contributed by atoms with E-state index in [1.807, 2.05) is 20.8 Å². The molecule has 21 heavy (non-hydrogen) atoms. The van der Waals surface area contributed by atoms with Crippen molar-refractivity contribution < 1.29 is 9.53 Å². The Hall–Kier alpha value is -2.35. The number of nitrogens with zero attached hydrogens (tertiary/aromatic N) is 2. The van der Waals surface area contributed by atoms with Gasteiger partial charge in [0.1, 0.15) is 17.2 Å². The lowest BCUT2D eigenvalue weighted by molar-refractivity contribution is 0.0635. The summed E-state index contributed by atoms with van der Waals surface area (Å²) in [5, 5.41) is 12.5. The first-order valence-corrected chi connectivity index (χ1v) is 6.65. The number of H-pyrrole nitrogens is 2. The number of ether oxygens (including phenoxy) is 1. The van der Waals surface area contributed by atoms with Crippen LogP contribution in [-0.4, -0.2) is 31.9 Å². The maximum atomic E-state index is 11.7. The number of carbonyl (C=O) groups is 1. The molecule has 0 saturated carbocycles. The number of amides is 1. The zero-order chi connectivity index (χ0) is 15.3. The van der Waals surface area contributed by atoms with Crippen molar-refractivity contribution in [1.29, 1.82) is 0 Å². The van der Waals surface area contributed by atoms with E-state index in [1.54, 1.807) is 18.6 Å². The van der Waals surface area contributed by atoms with Crippen LogP contribution in [0.15, 0.2) is 18.6 Å². The van der Waals surface area contributed by atoms with E-state index in [9.17, 15) is 4.79 Å². The van der Waals surface area contributed by atoms with Gasteiger partial charge >= 0.3 is 6.09 Å². The fourth-order valence-corrected chi connectivity index (χ4v) is 1.67. The van der Waals surface area contributed by atoms with Crippen LogP contribution >= 0.6 is 0 Å². The highest BCUT2D eigenvalue weighted by atomic mass is 16.6. The topological polar surface area (TPSA) is 108 Å². The molecule has 8 nitrogen and oxygen atoms in total. The van der Waals surface area contributed by atoms with E-state index in [2.05, 4.69) is 30.8 Å². The molecule has 0 aromatic carbocycles. The molecule has 0 fully saturated rings. The molecule has 0 aliphatic rings. The van der Waals surface area contributed by atoms with E-state index in [-0.39, 0.29) is 0 Å². The van der Waals surface area contributed by atoms with Crippen LogP contribution in [-0.2, 0) is 17.8 Å². The molecule has 2 rings (SSSR count). The number of nitrogens with one attached hydrogen (secondary N) is 4. The first-order chi connectivity index (χ1) is 9.94. The van der Waals surface area contributed by atoms with Crippen LogP contribution in [0.4, 0.5) is 10.6 Å². The van der Waals surface area contributed by atoms with Crippen LogP contribution < -0.4 is 10.6 Å². The second kappa shape index (κ2) is 6.40. The average molecular weight is 292 g/mol. The molecule has 0 bridgehead atoms. The number of hydrogen-bond acceptors (Lipinski definition) is 5. The van der Waals surface area contributed by atoms with Crippen LogP contribution in [0.2, 0.25) is 0 Å². The number of aromatic nitrogens is 4. The van der Waals surface area contributed by atoms with E-state index in [0.717, 1.165) is 11.4 Å². The second-order valence-corrected chi connectivity index (χ2v) is 5.54. The summed E-state index contributed by atoms with van der Waals surface area (Å²) in [6, 6.07) is 0. The van der Waals surface area contributed by atoms with E-state index < -0.39 is 11.7 Å². The molecule has 2 heterocycles. The SMILES string of the molecule is CC(C)(C)OC(=O)Nc1[nH]ncc1CNCc1ncc[nH]1. The summed E-state index contributed by atoms with van der Waals surface area (Å²) in [5.74, 6) is 1.37. The Balaban J connectivity index is 1.85. The van der Waals surface area contributed by atoms with Crippen LogP contribution in [0.3, 0.4) is 0 Å².